The Morgan fingerprint density at radius 2 is 2.00 bits per heavy atom. The van der Waals surface area contributed by atoms with Gasteiger partial charge < -0.3 is 5.11 Å². The monoisotopic (exact) mass is 240 g/mol. The second-order valence-corrected chi connectivity index (χ2v) is 4.90. The number of halogens is 1. The third kappa shape index (κ3) is 2.07. The molecule has 16 heavy (non-hydrogen) atoms. The van der Waals surface area contributed by atoms with Crippen LogP contribution >= 0.6 is 12.4 Å². The molecule has 0 fully saturated rings. The molecule has 1 aliphatic carbocycles. The van der Waals surface area contributed by atoms with E-state index in [0.717, 1.165) is 18.4 Å². The molecule has 0 amide bonds. The van der Waals surface area contributed by atoms with Crippen molar-refractivity contribution in [2.24, 2.45) is 0 Å². The van der Waals surface area contributed by atoms with Gasteiger partial charge in [-0.05, 0) is 29.4 Å². The van der Waals surface area contributed by atoms with E-state index in [2.05, 4.69) is 19.9 Å². The highest BCUT2D eigenvalue weighted by Gasteiger charge is 2.35. The molecule has 1 aromatic carbocycles. The minimum absolute atomic E-state index is 0. The zero-order chi connectivity index (χ0) is 11.1. The Labute approximate surface area is 102 Å². The number of benzene rings is 1. The summed E-state index contributed by atoms with van der Waals surface area (Å²) in [6.07, 6.45) is 1.69. The topological polar surface area (TPSA) is 37.3 Å². The van der Waals surface area contributed by atoms with Crippen LogP contribution in [0.5, 0.6) is 0 Å². The molecule has 0 spiro atoms. The number of aliphatic carboxylic acids is 1. The normalized spacial score (nSPS) is 21.8. The summed E-state index contributed by atoms with van der Waals surface area (Å²) in [7, 11) is 0. The average molecular weight is 241 g/mol. The van der Waals surface area contributed by atoms with Gasteiger partial charge in [0.25, 0.3) is 0 Å². The number of carbonyl (C=O) groups is 1. The molecule has 3 heteroatoms. The van der Waals surface area contributed by atoms with E-state index in [4.69, 9.17) is 5.11 Å². The van der Waals surface area contributed by atoms with Crippen LogP contribution in [0.2, 0.25) is 0 Å². The first-order chi connectivity index (χ1) is 7.02. The smallest absolute Gasteiger partial charge is 0.310 e. The fourth-order valence-electron chi connectivity index (χ4n) is 2.47. The lowest BCUT2D eigenvalue weighted by molar-refractivity contribution is -0.139. The highest BCUT2D eigenvalue weighted by Crippen LogP contribution is 2.42. The van der Waals surface area contributed by atoms with Gasteiger partial charge >= 0.3 is 5.97 Å². The van der Waals surface area contributed by atoms with E-state index in [-0.39, 0.29) is 23.7 Å². The Balaban J connectivity index is 0.00000128. The predicted molar refractivity (Wildman–Crippen MR) is 66.3 cm³/mol. The van der Waals surface area contributed by atoms with Crippen LogP contribution in [0.25, 0.3) is 0 Å². The van der Waals surface area contributed by atoms with Gasteiger partial charge in [-0.25, -0.2) is 0 Å². The summed E-state index contributed by atoms with van der Waals surface area (Å²) >= 11 is 0. The van der Waals surface area contributed by atoms with Crippen molar-refractivity contribution in [3.8, 4) is 0 Å². The Kier molecular flexibility index (Phi) is 3.64. The third-order valence-corrected chi connectivity index (χ3v) is 3.42. The molecule has 1 aliphatic rings. The molecule has 0 heterocycles. The SMILES string of the molecule is CC1(C)CCC(C(=O)O)c2ccccc21.Cl. The van der Waals surface area contributed by atoms with Crippen LogP contribution in [0.4, 0.5) is 0 Å². The first-order valence-corrected chi connectivity index (χ1v) is 5.34. The lowest BCUT2D eigenvalue weighted by atomic mass is 9.69. The van der Waals surface area contributed by atoms with Gasteiger partial charge in [0, 0.05) is 0 Å². The molecular formula is C13H17ClO2. The fraction of sp³-hybridized carbons (Fsp3) is 0.462. The summed E-state index contributed by atoms with van der Waals surface area (Å²) in [6.45, 7) is 4.37. The van der Waals surface area contributed by atoms with E-state index in [1.165, 1.54) is 5.56 Å². The molecule has 1 unspecified atom stereocenters. The summed E-state index contributed by atoms with van der Waals surface area (Å²) < 4.78 is 0. The van der Waals surface area contributed by atoms with Crippen LogP contribution in [0.15, 0.2) is 24.3 Å². The summed E-state index contributed by atoms with van der Waals surface area (Å²) in [6, 6.07) is 7.93. The number of fused-ring (bicyclic) bond motifs is 1. The molecule has 1 aromatic rings. The van der Waals surface area contributed by atoms with E-state index in [0.29, 0.717) is 0 Å². The highest BCUT2D eigenvalue weighted by molar-refractivity contribution is 5.85. The zero-order valence-corrected chi connectivity index (χ0v) is 10.4. The molecule has 1 atom stereocenters. The predicted octanol–water partition coefficient (Wildman–Crippen LogP) is 3.35. The Bertz CT molecular complexity index is 399. The van der Waals surface area contributed by atoms with Crippen LogP contribution in [0.3, 0.4) is 0 Å². The maximum atomic E-state index is 11.1. The fourth-order valence-corrected chi connectivity index (χ4v) is 2.47. The van der Waals surface area contributed by atoms with Crippen LogP contribution in [0.1, 0.15) is 43.7 Å². The summed E-state index contributed by atoms with van der Waals surface area (Å²) in [5, 5.41) is 9.16. The molecule has 0 aliphatic heterocycles. The van der Waals surface area contributed by atoms with Crippen LogP contribution in [-0.2, 0) is 10.2 Å². The zero-order valence-electron chi connectivity index (χ0n) is 9.56. The van der Waals surface area contributed by atoms with Crippen molar-refractivity contribution in [3.05, 3.63) is 35.4 Å². The van der Waals surface area contributed by atoms with E-state index >= 15 is 0 Å². The quantitative estimate of drug-likeness (QED) is 0.818. The van der Waals surface area contributed by atoms with E-state index in [1.54, 1.807) is 0 Å². The first-order valence-electron chi connectivity index (χ1n) is 5.34. The number of hydrogen-bond donors (Lipinski definition) is 1. The van der Waals surface area contributed by atoms with Crippen LogP contribution in [-0.4, -0.2) is 11.1 Å². The average Bonchev–Trinajstić information content (AvgIpc) is 2.17. The van der Waals surface area contributed by atoms with Crippen molar-refractivity contribution >= 4 is 18.4 Å². The summed E-state index contributed by atoms with van der Waals surface area (Å²) in [4.78, 5) is 11.1. The maximum absolute atomic E-state index is 11.1. The highest BCUT2D eigenvalue weighted by atomic mass is 35.5. The minimum Gasteiger partial charge on any atom is -0.481 e. The van der Waals surface area contributed by atoms with Crippen molar-refractivity contribution in [1.29, 1.82) is 0 Å². The van der Waals surface area contributed by atoms with Gasteiger partial charge in [-0.3, -0.25) is 4.79 Å². The number of hydrogen-bond acceptors (Lipinski definition) is 1. The van der Waals surface area contributed by atoms with Gasteiger partial charge in [-0.2, -0.15) is 0 Å². The van der Waals surface area contributed by atoms with Crippen molar-refractivity contribution in [2.75, 3.05) is 0 Å². The first kappa shape index (κ1) is 13.0. The summed E-state index contributed by atoms with van der Waals surface area (Å²) in [5.74, 6) is -1.01. The third-order valence-electron chi connectivity index (χ3n) is 3.42. The largest absolute Gasteiger partial charge is 0.481 e. The Morgan fingerprint density at radius 3 is 2.62 bits per heavy atom. The molecule has 0 saturated carbocycles. The molecule has 88 valence electrons. The number of rotatable bonds is 1. The second kappa shape index (κ2) is 4.46. The van der Waals surface area contributed by atoms with Gasteiger partial charge in [-0.15, -0.1) is 12.4 Å². The molecule has 0 saturated heterocycles. The number of carboxylic acid groups (broad SMARTS) is 1. The molecule has 0 radical (unpaired) electrons. The molecule has 0 bridgehead atoms. The lowest BCUT2D eigenvalue weighted by Gasteiger charge is -2.35. The lowest BCUT2D eigenvalue weighted by Crippen LogP contribution is -2.29. The number of carboxylic acids is 1. The van der Waals surface area contributed by atoms with E-state index < -0.39 is 5.97 Å². The van der Waals surface area contributed by atoms with Crippen molar-refractivity contribution in [3.63, 3.8) is 0 Å². The van der Waals surface area contributed by atoms with E-state index in [9.17, 15) is 4.79 Å². The van der Waals surface area contributed by atoms with Gasteiger partial charge in [0.15, 0.2) is 0 Å². The Morgan fingerprint density at radius 1 is 1.38 bits per heavy atom. The molecule has 0 aromatic heterocycles. The van der Waals surface area contributed by atoms with Crippen LogP contribution in [0, 0.1) is 0 Å². The van der Waals surface area contributed by atoms with Gasteiger partial charge in [0.1, 0.15) is 0 Å². The standard InChI is InChI=1S/C13H16O2.ClH/c1-13(2)8-7-10(12(14)15)9-5-3-4-6-11(9)13;/h3-6,10H,7-8H2,1-2H3,(H,14,15);1H. The van der Waals surface area contributed by atoms with Crippen LogP contribution < -0.4 is 0 Å². The molecule has 2 rings (SSSR count). The van der Waals surface area contributed by atoms with Gasteiger partial charge in [0.2, 0.25) is 0 Å². The summed E-state index contributed by atoms with van der Waals surface area (Å²) in [5.41, 5.74) is 2.31. The minimum atomic E-state index is -0.696. The Hall–Kier alpha value is -1.02. The second-order valence-electron chi connectivity index (χ2n) is 4.90. The van der Waals surface area contributed by atoms with Gasteiger partial charge in [-0.1, -0.05) is 38.1 Å². The van der Waals surface area contributed by atoms with E-state index in [1.807, 2.05) is 18.2 Å². The van der Waals surface area contributed by atoms with Crippen molar-refractivity contribution in [1.82, 2.24) is 0 Å². The van der Waals surface area contributed by atoms with Gasteiger partial charge in [0.05, 0.1) is 5.92 Å². The van der Waals surface area contributed by atoms with Crippen molar-refractivity contribution in [2.45, 2.75) is 38.0 Å². The molecular weight excluding hydrogens is 224 g/mol. The molecule has 1 N–H and O–H groups in total. The van der Waals surface area contributed by atoms with Crippen molar-refractivity contribution < 1.29 is 9.90 Å². The maximum Gasteiger partial charge on any atom is 0.310 e. The molecule has 2 nitrogen and oxygen atoms in total.